The highest BCUT2D eigenvalue weighted by Crippen LogP contribution is 2.42. The zero-order valence-electron chi connectivity index (χ0n) is 18.8. The minimum absolute atomic E-state index is 0.0595. The molecule has 1 fully saturated rings. The Morgan fingerprint density at radius 2 is 1.74 bits per heavy atom. The van der Waals surface area contributed by atoms with E-state index in [0.717, 1.165) is 22.8 Å². The summed E-state index contributed by atoms with van der Waals surface area (Å²) in [5, 5.41) is 15.2. The van der Waals surface area contributed by atoms with Crippen LogP contribution in [-0.2, 0) is 0 Å². The van der Waals surface area contributed by atoms with Gasteiger partial charge in [-0.1, -0.05) is 12.1 Å². The molecule has 5 rings (SSSR count). The molecule has 0 amide bonds. The van der Waals surface area contributed by atoms with Crippen LogP contribution >= 0.6 is 12.2 Å². The van der Waals surface area contributed by atoms with Gasteiger partial charge in [-0.25, -0.2) is 0 Å². The van der Waals surface area contributed by atoms with E-state index in [1.807, 2.05) is 35.0 Å². The van der Waals surface area contributed by atoms with Crippen LogP contribution < -0.4 is 10.2 Å². The monoisotopic (exact) mass is 469 g/mol. The zero-order chi connectivity index (χ0) is 23.8. The molecule has 2 aromatic heterocycles. The van der Waals surface area contributed by atoms with E-state index < -0.39 is 4.92 Å². The van der Waals surface area contributed by atoms with Crippen LogP contribution in [0.2, 0.25) is 0 Å². The molecular formula is C26H23N5O2S. The maximum atomic E-state index is 11.1. The Morgan fingerprint density at radius 1 is 0.971 bits per heavy atom. The Hall–Kier alpha value is -4.04. The van der Waals surface area contributed by atoms with E-state index in [-0.39, 0.29) is 17.8 Å². The number of rotatable bonds is 5. The van der Waals surface area contributed by atoms with E-state index in [0.29, 0.717) is 5.11 Å². The lowest BCUT2D eigenvalue weighted by atomic mass is 10.00. The number of nitrogens with zero attached hydrogens (tertiary/aromatic N) is 4. The number of aromatic nitrogens is 2. The quantitative estimate of drug-likeness (QED) is 0.234. The predicted octanol–water partition coefficient (Wildman–Crippen LogP) is 5.57. The topological polar surface area (TPSA) is 76.2 Å². The van der Waals surface area contributed by atoms with E-state index >= 15 is 0 Å². The fourth-order valence-corrected chi connectivity index (χ4v) is 4.76. The number of nitrogens with one attached hydrogen (secondary N) is 1. The summed E-state index contributed by atoms with van der Waals surface area (Å²) in [7, 11) is 0. The van der Waals surface area contributed by atoms with Crippen molar-refractivity contribution in [2.24, 2.45) is 0 Å². The molecule has 1 saturated heterocycles. The van der Waals surface area contributed by atoms with E-state index in [9.17, 15) is 10.1 Å². The molecule has 0 radical (unpaired) electrons. The van der Waals surface area contributed by atoms with Gasteiger partial charge in [-0.15, -0.1) is 0 Å². The first-order valence-electron chi connectivity index (χ1n) is 10.9. The van der Waals surface area contributed by atoms with Crippen LogP contribution in [0.25, 0.3) is 5.69 Å². The van der Waals surface area contributed by atoms with Crippen LogP contribution in [0.3, 0.4) is 0 Å². The summed E-state index contributed by atoms with van der Waals surface area (Å²) in [5.41, 5.74) is 6.18. The van der Waals surface area contributed by atoms with Crippen LogP contribution in [-0.4, -0.2) is 19.6 Å². The second kappa shape index (κ2) is 8.72. The van der Waals surface area contributed by atoms with E-state index in [1.165, 1.54) is 23.3 Å². The number of hydrogen-bond acceptors (Lipinski definition) is 4. The molecule has 4 aromatic rings. The Bertz CT molecular complexity index is 1370. The molecule has 1 N–H and O–H groups in total. The lowest BCUT2D eigenvalue weighted by Crippen LogP contribution is -2.30. The van der Waals surface area contributed by atoms with Crippen molar-refractivity contribution in [3.05, 3.63) is 118 Å². The first-order chi connectivity index (χ1) is 16.4. The standard InChI is InChI=1S/C26H23N5O2S/c1-17-8-9-21(16-18(17)2)30-25(24(28-26(30)34)22-6-3-4-14-27-22)23-7-5-15-29(23)19-10-12-20(13-11-19)31(32)33/h3-16,24-25H,1-2H3,(H,28,34)/t24-,25-/m0/s1. The second-order valence-electron chi connectivity index (χ2n) is 8.34. The summed E-state index contributed by atoms with van der Waals surface area (Å²) in [4.78, 5) is 17.5. The molecule has 8 heteroatoms. The summed E-state index contributed by atoms with van der Waals surface area (Å²) < 4.78 is 2.05. The van der Waals surface area contributed by atoms with Crippen LogP contribution in [0.15, 0.2) is 85.2 Å². The largest absolute Gasteiger partial charge is 0.351 e. The number of benzene rings is 2. The number of pyridine rings is 1. The number of nitro groups is 1. The summed E-state index contributed by atoms with van der Waals surface area (Å²) in [6.07, 6.45) is 3.75. The molecule has 2 aromatic carbocycles. The molecule has 0 bridgehead atoms. The van der Waals surface area contributed by atoms with Crippen LogP contribution in [0.1, 0.15) is 34.6 Å². The van der Waals surface area contributed by atoms with Crippen molar-refractivity contribution in [1.29, 1.82) is 0 Å². The third kappa shape index (κ3) is 3.82. The zero-order valence-corrected chi connectivity index (χ0v) is 19.6. The fourth-order valence-electron chi connectivity index (χ4n) is 4.41. The first kappa shape index (κ1) is 21.8. The van der Waals surface area contributed by atoms with Gasteiger partial charge in [0.05, 0.1) is 16.7 Å². The van der Waals surface area contributed by atoms with Gasteiger partial charge < -0.3 is 14.8 Å². The molecule has 7 nitrogen and oxygen atoms in total. The maximum Gasteiger partial charge on any atom is 0.269 e. The Morgan fingerprint density at radius 3 is 2.41 bits per heavy atom. The van der Waals surface area contributed by atoms with Crippen molar-refractivity contribution < 1.29 is 4.92 Å². The van der Waals surface area contributed by atoms with Gasteiger partial charge in [-0.2, -0.15) is 0 Å². The van der Waals surface area contributed by atoms with Gasteiger partial charge in [0.2, 0.25) is 0 Å². The van der Waals surface area contributed by atoms with Crippen molar-refractivity contribution >= 4 is 28.7 Å². The molecule has 2 atom stereocenters. The van der Waals surface area contributed by atoms with Crippen molar-refractivity contribution in [2.45, 2.75) is 25.9 Å². The van der Waals surface area contributed by atoms with Crippen LogP contribution in [0, 0.1) is 24.0 Å². The second-order valence-corrected chi connectivity index (χ2v) is 8.73. The molecule has 34 heavy (non-hydrogen) atoms. The van der Waals surface area contributed by atoms with Gasteiger partial charge >= 0.3 is 0 Å². The van der Waals surface area contributed by atoms with Crippen LogP contribution in [0.5, 0.6) is 0 Å². The van der Waals surface area contributed by atoms with E-state index in [2.05, 4.69) is 53.3 Å². The molecule has 0 aliphatic carbocycles. The third-order valence-corrected chi connectivity index (χ3v) is 6.60. The SMILES string of the molecule is Cc1ccc(N2C(=S)N[C@@H](c3ccccn3)[C@@H]2c2cccn2-c2ccc([N+](=O)[O-])cc2)cc1C. The lowest BCUT2D eigenvalue weighted by Gasteiger charge is -2.29. The highest BCUT2D eigenvalue weighted by molar-refractivity contribution is 7.80. The molecule has 3 heterocycles. The lowest BCUT2D eigenvalue weighted by molar-refractivity contribution is -0.384. The number of thiocarbonyl (C=S) groups is 1. The summed E-state index contributed by atoms with van der Waals surface area (Å²) in [6.45, 7) is 4.18. The van der Waals surface area contributed by atoms with Gasteiger partial charge in [0.25, 0.3) is 5.69 Å². The molecule has 170 valence electrons. The average Bonchev–Trinajstić information content (AvgIpc) is 3.46. The maximum absolute atomic E-state index is 11.1. The normalized spacial score (nSPS) is 17.6. The predicted molar refractivity (Wildman–Crippen MR) is 136 cm³/mol. The molecular weight excluding hydrogens is 446 g/mol. The smallest absolute Gasteiger partial charge is 0.269 e. The third-order valence-electron chi connectivity index (χ3n) is 6.29. The minimum atomic E-state index is -0.391. The van der Waals surface area contributed by atoms with Gasteiger partial charge in [0.15, 0.2) is 5.11 Å². The molecule has 1 aliphatic rings. The van der Waals surface area contributed by atoms with Gasteiger partial charge in [-0.05, 0) is 85.7 Å². The highest BCUT2D eigenvalue weighted by Gasteiger charge is 2.42. The van der Waals surface area contributed by atoms with E-state index in [4.69, 9.17) is 12.2 Å². The molecule has 1 aliphatic heterocycles. The van der Waals surface area contributed by atoms with Gasteiger partial charge in [-0.3, -0.25) is 15.1 Å². The van der Waals surface area contributed by atoms with Gasteiger partial charge in [0, 0.05) is 41.6 Å². The molecule has 0 spiro atoms. The minimum Gasteiger partial charge on any atom is -0.351 e. The Labute approximate surface area is 202 Å². The highest BCUT2D eigenvalue weighted by atomic mass is 32.1. The molecule has 0 saturated carbocycles. The fraction of sp³-hybridized carbons (Fsp3) is 0.154. The van der Waals surface area contributed by atoms with E-state index in [1.54, 1.807) is 18.3 Å². The van der Waals surface area contributed by atoms with Crippen LogP contribution in [0.4, 0.5) is 11.4 Å². The van der Waals surface area contributed by atoms with Crippen molar-refractivity contribution in [3.8, 4) is 5.69 Å². The summed E-state index contributed by atoms with van der Waals surface area (Å²) in [5.74, 6) is 0. The summed E-state index contributed by atoms with van der Waals surface area (Å²) >= 11 is 5.84. The number of aryl methyl sites for hydroxylation is 2. The number of nitro benzene ring substituents is 1. The Kier molecular flexibility index (Phi) is 5.59. The molecule has 0 unspecified atom stereocenters. The first-order valence-corrected chi connectivity index (χ1v) is 11.3. The van der Waals surface area contributed by atoms with Crippen molar-refractivity contribution in [1.82, 2.24) is 14.9 Å². The van der Waals surface area contributed by atoms with Crippen molar-refractivity contribution in [3.63, 3.8) is 0 Å². The van der Waals surface area contributed by atoms with Crippen molar-refractivity contribution in [2.75, 3.05) is 4.90 Å². The number of non-ortho nitro benzene ring substituents is 1. The van der Waals surface area contributed by atoms with Gasteiger partial charge in [0.1, 0.15) is 6.04 Å². The Balaban J connectivity index is 1.65. The number of hydrogen-bond donors (Lipinski definition) is 1. The summed E-state index contributed by atoms with van der Waals surface area (Å²) in [6, 6.07) is 22.4. The average molecular weight is 470 g/mol. The number of anilines is 1.